The minimum atomic E-state index is 0.372. The van der Waals surface area contributed by atoms with Crippen LogP contribution >= 0.6 is 0 Å². The molecule has 0 bridgehead atoms. The molecular weight excluding hydrogens is 238 g/mol. The van der Waals surface area contributed by atoms with Crippen molar-refractivity contribution in [1.29, 1.82) is 0 Å². The van der Waals surface area contributed by atoms with Gasteiger partial charge in [0, 0.05) is 24.8 Å². The Morgan fingerprint density at radius 3 is 2.68 bits per heavy atom. The number of hydrogen-bond donors (Lipinski definition) is 1. The van der Waals surface area contributed by atoms with Crippen LogP contribution in [0, 0.1) is 0 Å². The van der Waals surface area contributed by atoms with E-state index in [0.29, 0.717) is 5.92 Å². The molecule has 0 saturated heterocycles. The fourth-order valence-electron chi connectivity index (χ4n) is 1.91. The van der Waals surface area contributed by atoms with Crippen LogP contribution in [0.3, 0.4) is 0 Å². The lowest BCUT2D eigenvalue weighted by Crippen LogP contribution is -2.06. The van der Waals surface area contributed by atoms with Crippen LogP contribution in [-0.4, -0.2) is 26.1 Å². The van der Waals surface area contributed by atoms with Gasteiger partial charge < -0.3 is 9.88 Å². The molecule has 0 aliphatic heterocycles. The van der Waals surface area contributed by atoms with Crippen molar-refractivity contribution in [3.8, 4) is 11.5 Å². The molecule has 5 nitrogen and oxygen atoms in total. The van der Waals surface area contributed by atoms with E-state index in [9.17, 15) is 0 Å². The Balaban J connectivity index is 2.49. The zero-order chi connectivity index (χ0) is 13.8. The Morgan fingerprint density at radius 1 is 1.26 bits per heavy atom. The van der Waals surface area contributed by atoms with Crippen molar-refractivity contribution < 1.29 is 0 Å². The van der Waals surface area contributed by atoms with E-state index in [1.165, 1.54) is 0 Å². The van der Waals surface area contributed by atoms with Gasteiger partial charge in [0.2, 0.25) is 0 Å². The molecule has 0 amide bonds. The van der Waals surface area contributed by atoms with Gasteiger partial charge >= 0.3 is 0 Å². The van der Waals surface area contributed by atoms with Gasteiger partial charge in [0.05, 0.1) is 12.5 Å². The van der Waals surface area contributed by atoms with Crippen molar-refractivity contribution >= 4 is 5.82 Å². The first-order valence-electron chi connectivity index (χ1n) is 6.79. The molecule has 2 rings (SSSR count). The number of nitrogens with one attached hydrogen (secondary N) is 1. The predicted octanol–water partition coefficient (Wildman–Crippen LogP) is 2.92. The molecule has 0 radical (unpaired) electrons. The highest BCUT2D eigenvalue weighted by molar-refractivity contribution is 5.53. The zero-order valence-electron chi connectivity index (χ0n) is 12.0. The number of aryl methyl sites for hydroxylation is 1. The second kappa shape index (κ2) is 5.82. The molecule has 0 aromatic carbocycles. The van der Waals surface area contributed by atoms with Gasteiger partial charge in [-0.15, -0.1) is 0 Å². The predicted molar refractivity (Wildman–Crippen MR) is 77.2 cm³/mol. The van der Waals surface area contributed by atoms with E-state index in [-0.39, 0.29) is 0 Å². The summed E-state index contributed by atoms with van der Waals surface area (Å²) in [5.74, 6) is 1.98. The third kappa shape index (κ3) is 2.92. The van der Waals surface area contributed by atoms with Crippen LogP contribution in [0.25, 0.3) is 11.5 Å². The fraction of sp³-hybridized carbons (Fsp3) is 0.500. The van der Waals surface area contributed by atoms with Crippen LogP contribution < -0.4 is 5.32 Å². The molecule has 19 heavy (non-hydrogen) atoms. The topological polar surface area (TPSA) is 55.6 Å². The first kappa shape index (κ1) is 13.5. The van der Waals surface area contributed by atoms with E-state index in [4.69, 9.17) is 0 Å². The average molecular weight is 259 g/mol. The molecule has 2 aromatic heterocycles. The summed E-state index contributed by atoms with van der Waals surface area (Å²) in [5.41, 5.74) is 2.01. The monoisotopic (exact) mass is 259 g/mol. The van der Waals surface area contributed by atoms with Gasteiger partial charge in [-0.05, 0) is 19.8 Å². The van der Waals surface area contributed by atoms with Gasteiger partial charge in [0.15, 0.2) is 5.82 Å². The zero-order valence-corrected chi connectivity index (χ0v) is 12.0. The maximum atomic E-state index is 4.65. The van der Waals surface area contributed by atoms with Crippen LogP contribution in [0.1, 0.15) is 39.3 Å². The minimum absolute atomic E-state index is 0.372. The lowest BCUT2D eigenvalue weighted by molar-refractivity contribution is 0.758. The Hall–Kier alpha value is -1.91. The Bertz CT molecular complexity index is 545. The lowest BCUT2D eigenvalue weighted by atomic mass is 10.1. The first-order chi connectivity index (χ1) is 9.15. The van der Waals surface area contributed by atoms with Gasteiger partial charge in [-0.25, -0.2) is 15.0 Å². The quantitative estimate of drug-likeness (QED) is 0.897. The molecule has 0 unspecified atom stereocenters. The van der Waals surface area contributed by atoms with Gasteiger partial charge in [-0.1, -0.05) is 13.8 Å². The van der Waals surface area contributed by atoms with Crippen molar-refractivity contribution in [1.82, 2.24) is 19.5 Å². The van der Waals surface area contributed by atoms with E-state index in [1.807, 2.05) is 18.6 Å². The summed E-state index contributed by atoms with van der Waals surface area (Å²) in [7, 11) is 0. The SMILES string of the molecule is CCNc1cc(C(C)C)nc(-c2cncn2CC)n1. The molecule has 0 aliphatic carbocycles. The van der Waals surface area contributed by atoms with E-state index in [2.05, 4.69) is 52.5 Å². The van der Waals surface area contributed by atoms with Gasteiger partial charge in [0.25, 0.3) is 0 Å². The van der Waals surface area contributed by atoms with Crippen molar-refractivity contribution in [3.05, 3.63) is 24.3 Å². The van der Waals surface area contributed by atoms with Crippen LogP contribution in [-0.2, 0) is 6.54 Å². The third-order valence-corrected chi connectivity index (χ3v) is 2.98. The molecule has 2 aromatic rings. The summed E-state index contributed by atoms with van der Waals surface area (Å²) in [6.07, 6.45) is 3.63. The van der Waals surface area contributed by atoms with Crippen molar-refractivity contribution in [3.63, 3.8) is 0 Å². The highest BCUT2D eigenvalue weighted by Crippen LogP contribution is 2.21. The van der Waals surface area contributed by atoms with E-state index >= 15 is 0 Å². The molecule has 0 aliphatic rings. The smallest absolute Gasteiger partial charge is 0.180 e. The van der Waals surface area contributed by atoms with Crippen molar-refractivity contribution in [2.75, 3.05) is 11.9 Å². The molecule has 0 spiro atoms. The number of aromatic nitrogens is 4. The summed E-state index contributed by atoms with van der Waals surface area (Å²) in [6.45, 7) is 10.1. The number of imidazole rings is 1. The summed E-state index contributed by atoms with van der Waals surface area (Å²) < 4.78 is 2.05. The van der Waals surface area contributed by atoms with Crippen molar-refractivity contribution in [2.45, 2.75) is 40.2 Å². The van der Waals surface area contributed by atoms with Gasteiger partial charge in [-0.3, -0.25) is 0 Å². The molecule has 0 atom stereocenters. The standard InChI is InChI=1S/C14H21N5/c1-5-16-13-7-11(10(3)4)17-14(18-13)12-8-15-9-19(12)6-2/h7-10H,5-6H2,1-4H3,(H,16,17,18). The highest BCUT2D eigenvalue weighted by Gasteiger charge is 2.12. The maximum Gasteiger partial charge on any atom is 0.180 e. The summed E-state index contributed by atoms with van der Waals surface area (Å²) in [4.78, 5) is 13.4. The summed E-state index contributed by atoms with van der Waals surface area (Å²) in [5, 5.41) is 3.26. The van der Waals surface area contributed by atoms with Crippen LogP contribution in [0.2, 0.25) is 0 Å². The molecular formula is C14H21N5. The number of anilines is 1. The normalized spacial score (nSPS) is 11.0. The van der Waals surface area contributed by atoms with E-state index in [0.717, 1.165) is 36.1 Å². The summed E-state index contributed by atoms with van der Waals surface area (Å²) >= 11 is 0. The van der Waals surface area contributed by atoms with Gasteiger partial charge in [-0.2, -0.15) is 0 Å². The van der Waals surface area contributed by atoms with Crippen LogP contribution in [0.15, 0.2) is 18.6 Å². The molecule has 0 fully saturated rings. The second-order valence-electron chi connectivity index (χ2n) is 4.75. The van der Waals surface area contributed by atoms with Gasteiger partial charge in [0.1, 0.15) is 11.5 Å². The van der Waals surface area contributed by atoms with Crippen LogP contribution in [0.5, 0.6) is 0 Å². The lowest BCUT2D eigenvalue weighted by Gasteiger charge is -2.11. The molecule has 102 valence electrons. The maximum absolute atomic E-state index is 4.65. The van der Waals surface area contributed by atoms with E-state index in [1.54, 1.807) is 0 Å². The largest absolute Gasteiger partial charge is 0.370 e. The first-order valence-corrected chi connectivity index (χ1v) is 6.79. The Kier molecular flexibility index (Phi) is 4.14. The number of rotatable bonds is 5. The van der Waals surface area contributed by atoms with Crippen LogP contribution in [0.4, 0.5) is 5.82 Å². The fourth-order valence-corrected chi connectivity index (χ4v) is 1.91. The Labute approximate surface area is 114 Å². The number of hydrogen-bond acceptors (Lipinski definition) is 4. The summed E-state index contributed by atoms with van der Waals surface area (Å²) in [6, 6.07) is 2.02. The minimum Gasteiger partial charge on any atom is -0.370 e. The molecule has 5 heteroatoms. The Morgan fingerprint density at radius 2 is 2.05 bits per heavy atom. The third-order valence-electron chi connectivity index (χ3n) is 2.98. The highest BCUT2D eigenvalue weighted by atomic mass is 15.1. The number of nitrogens with zero attached hydrogens (tertiary/aromatic N) is 4. The molecule has 0 saturated carbocycles. The average Bonchev–Trinajstić information content (AvgIpc) is 2.87. The molecule has 1 N–H and O–H groups in total. The molecule has 2 heterocycles. The second-order valence-corrected chi connectivity index (χ2v) is 4.75. The van der Waals surface area contributed by atoms with Crippen molar-refractivity contribution in [2.24, 2.45) is 0 Å². The van der Waals surface area contributed by atoms with E-state index < -0.39 is 0 Å².